The molecule has 0 bridgehead atoms. The summed E-state index contributed by atoms with van der Waals surface area (Å²) < 4.78 is 27.5. The van der Waals surface area contributed by atoms with Crippen LogP contribution in [0.25, 0.3) is 0 Å². The van der Waals surface area contributed by atoms with Gasteiger partial charge in [-0.15, -0.1) is 11.3 Å². The normalized spacial score (nSPS) is 11.4. The van der Waals surface area contributed by atoms with Crippen molar-refractivity contribution < 1.29 is 8.42 Å². The third-order valence-corrected chi connectivity index (χ3v) is 5.37. The van der Waals surface area contributed by atoms with Gasteiger partial charge in [0.15, 0.2) is 0 Å². The number of hydrogen-bond donors (Lipinski definition) is 1. The second kappa shape index (κ2) is 4.93. The number of rotatable bonds is 3. The lowest BCUT2D eigenvalue weighted by atomic mass is 10.4. The quantitative estimate of drug-likeness (QED) is 0.861. The fourth-order valence-electron chi connectivity index (χ4n) is 1.08. The Kier molecular flexibility index (Phi) is 3.72. The first-order valence-corrected chi connectivity index (χ1v) is 7.84. The predicted molar refractivity (Wildman–Crippen MR) is 72.1 cm³/mol. The van der Waals surface area contributed by atoms with Crippen LogP contribution in [0.4, 0.5) is 5.69 Å². The van der Waals surface area contributed by atoms with E-state index in [4.69, 9.17) is 11.6 Å². The molecular weight excluding hydrogens is 348 g/mol. The third-order valence-electron chi connectivity index (χ3n) is 1.79. The zero-order valence-electron chi connectivity index (χ0n) is 8.22. The summed E-state index contributed by atoms with van der Waals surface area (Å²) >= 11 is 9.87. The van der Waals surface area contributed by atoms with E-state index in [1.54, 1.807) is 18.2 Å². The number of nitrogens with one attached hydrogen (secondary N) is 1. The second-order valence-electron chi connectivity index (χ2n) is 3.03. The average molecular weight is 354 g/mol. The van der Waals surface area contributed by atoms with Crippen LogP contribution >= 0.6 is 38.9 Å². The van der Waals surface area contributed by atoms with Crippen LogP contribution in [0.3, 0.4) is 0 Å². The van der Waals surface area contributed by atoms with E-state index in [2.05, 4.69) is 25.6 Å². The molecule has 8 heteroatoms. The van der Waals surface area contributed by atoms with Gasteiger partial charge in [-0.05, 0) is 40.2 Å². The zero-order chi connectivity index (χ0) is 12.5. The Labute approximate surface area is 116 Å². The summed E-state index contributed by atoms with van der Waals surface area (Å²) in [7, 11) is -3.58. The molecular formula is C9H6BrClN2O2S2. The summed E-state index contributed by atoms with van der Waals surface area (Å²) in [6.07, 6.45) is 1.43. The molecule has 2 aromatic heterocycles. The van der Waals surface area contributed by atoms with Gasteiger partial charge in [0.05, 0.1) is 16.2 Å². The van der Waals surface area contributed by atoms with Crippen molar-refractivity contribution in [2.24, 2.45) is 0 Å². The van der Waals surface area contributed by atoms with E-state index in [0.29, 0.717) is 14.6 Å². The van der Waals surface area contributed by atoms with Crippen LogP contribution in [0, 0.1) is 0 Å². The zero-order valence-corrected chi connectivity index (χ0v) is 12.2. The fraction of sp³-hybridized carbons (Fsp3) is 0. The molecule has 0 radical (unpaired) electrons. The summed E-state index contributed by atoms with van der Waals surface area (Å²) in [6.45, 7) is 0. The van der Waals surface area contributed by atoms with Gasteiger partial charge >= 0.3 is 0 Å². The Balaban J connectivity index is 2.26. The Morgan fingerprint density at radius 2 is 2.06 bits per heavy atom. The molecule has 0 aliphatic carbocycles. The first kappa shape index (κ1) is 12.8. The van der Waals surface area contributed by atoms with Crippen molar-refractivity contribution in [2.45, 2.75) is 4.21 Å². The van der Waals surface area contributed by atoms with Gasteiger partial charge in [0, 0.05) is 0 Å². The molecule has 2 rings (SSSR count). The predicted octanol–water partition coefficient (Wildman–Crippen LogP) is 3.36. The highest BCUT2D eigenvalue weighted by atomic mass is 79.9. The van der Waals surface area contributed by atoms with Gasteiger partial charge in [0.1, 0.15) is 8.81 Å². The van der Waals surface area contributed by atoms with Crippen molar-refractivity contribution >= 4 is 54.6 Å². The maximum atomic E-state index is 11.9. The molecule has 0 unspecified atom stereocenters. The number of nitrogens with zero attached hydrogens (tertiary/aromatic N) is 1. The van der Waals surface area contributed by atoms with Crippen LogP contribution in [-0.4, -0.2) is 13.4 Å². The van der Waals surface area contributed by atoms with Gasteiger partial charge in [-0.1, -0.05) is 11.6 Å². The number of hydrogen-bond acceptors (Lipinski definition) is 4. The number of anilines is 1. The van der Waals surface area contributed by atoms with Crippen molar-refractivity contribution in [3.63, 3.8) is 0 Å². The van der Waals surface area contributed by atoms with Crippen molar-refractivity contribution in [1.29, 1.82) is 0 Å². The highest BCUT2D eigenvalue weighted by molar-refractivity contribution is 9.10. The van der Waals surface area contributed by atoms with Crippen molar-refractivity contribution in [1.82, 2.24) is 4.98 Å². The first-order chi connectivity index (χ1) is 7.97. The van der Waals surface area contributed by atoms with E-state index >= 15 is 0 Å². The summed E-state index contributed by atoms with van der Waals surface area (Å²) in [5.41, 5.74) is 0.401. The smallest absolute Gasteiger partial charge is 0.271 e. The number of aromatic nitrogens is 1. The molecule has 0 atom stereocenters. The summed E-state index contributed by atoms with van der Waals surface area (Å²) in [4.78, 5) is 3.93. The van der Waals surface area contributed by atoms with Crippen LogP contribution in [0.1, 0.15) is 0 Å². The molecule has 17 heavy (non-hydrogen) atoms. The minimum absolute atomic E-state index is 0.172. The molecule has 0 saturated carbocycles. The van der Waals surface area contributed by atoms with E-state index in [-0.39, 0.29) is 4.21 Å². The maximum Gasteiger partial charge on any atom is 0.271 e. The average Bonchev–Trinajstić information content (AvgIpc) is 2.69. The van der Waals surface area contributed by atoms with Gasteiger partial charge < -0.3 is 0 Å². The molecule has 0 amide bonds. The molecule has 2 aromatic rings. The van der Waals surface area contributed by atoms with Crippen LogP contribution in [0.5, 0.6) is 0 Å². The molecule has 0 aliphatic rings. The topological polar surface area (TPSA) is 59.1 Å². The van der Waals surface area contributed by atoms with Crippen LogP contribution in [0.2, 0.25) is 4.34 Å². The summed E-state index contributed by atoms with van der Waals surface area (Å²) in [5.74, 6) is 0. The molecule has 0 aromatic carbocycles. The Hall–Kier alpha value is -0.630. The van der Waals surface area contributed by atoms with Crippen LogP contribution < -0.4 is 4.72 Å². The van der Waals surface area contributed by atoms with Gasteiger partial charge in [-0.25, -0.2) is 13.4 Å². The summed E-state index contributed by atoms with van der Waals surface area (Å²) in [6, 6.07) is 6.27. The SMILES string of the molecule is O=S(=O)(Nc1ccc(Br)nc1)c1ccc(Cl)s1. The van der Waals surface area contributed by atoms with E-state index < -0.39 is 10.0 Å². The molecule has 0 saturated heterocycles. The number of thiophene rings is 1. The highest BCUT2D eigenvalue weighted by Gasteiger charge is 2.16. The van der Waals surface area contributed by atoms with Gasteiger partial charge in [-0.3, -0.25) is 4.72 Å². The molecule has 2 heterocycles. The van der Waals surface area contributed by atoms with E-state index in [0.717, 1.165) is 11.3 Å². The van der Waals surface area contributed by atoms with E-state index in [1.807, 2.05) is 0 Å². The van der Waals surface area contributed by atoms with Gasteiger partial charge in [-0.2, -0.15) is 0 Å². The third kappa shape index (κ3) is 3.19. The van der Waals surface area contributed by atoms with Gasteiger partial charge in [0.25, 0.3) is 10.0 Å². The van der Waals surface area contributed by atoms with Crippen molar-refractivity contribution in [3.8, 4) is 0 Å². The lowest BCUT2D eigenvalue weighted by Crippen LogP contribution is -2.11. The molecule has 0 spiro atoms. The number of pyridine rings is 1. The number of halogens is 2. The number of sulfonamides is 1. The lowest BCUT2D eigenvalue weighted by molar-refractivity contribution is 0.603. The Bertz CT molecular complexity index is 625. The molecule has 90 valence electrons. The first-order valence-electron chi connectivity index (χ1n) is 4.37. The van der Waals surface area contributed by atoms with E-state index in [9.17, 15) is 8.42 Å². The largest absolute Gasteiger partial charge is 0.277 e. The fourth-order valence-corrected chi connectivity index (χ4v) is 3.84. The van der Waals surface area contributed by atoms with Crippen LogP contribution in [-0.2, 0) is 10.0 Å². The standard InChI is InChI=1S/C9H6BrClN2O2S2/c10-7-2-1-6(5-12-7)13-17(14,15)9-4-3-8(11)16-9/h1-5,13H. The highest BCUT2D eigenvalue weighted by Crippen LogP contribution is 2.27. The molecule has 0 aliphatic heterocycles. The van der Waals surface area contributed by atoms with Crippen molar-refractivity contribution in [2.75, 3.05) is 4.72 Å². The summed E-state index contributed by atoms with van der Waals surface area (Å²) in [5, 5.41) is 0. The lowest BCUT2D eigenvalue weighted by Gasteiger charge is -2.05. The maximum absolute atomic E-state index is 11.9. The molecule has 1 N–H and O–H groups in total. The van der Waals surface area contributed by atoms with Crippen molar-refractivity contribution in [3.05, 3.63) is 39.4 Å². The monoisotopic (exact) mass is 352 g/mol. The van der Waals surface area contributed by atoms with Gasteiger partial charge in [0.2, 0.25) is 0 Å². The minimum atomic E-state index is -3.58. The van der Waals surface area contributed by atoms with E-state index in [1.165, 1.54) is 12.3 Å². The Morgan fingerprint density at radius 1 is 1.29 bits per heavy atom. The second-order valence-corrected chi connectivity index (χ2v) is 7.47. The Morgan fingerprint density at radius 3 is 2.59 bits per heavy atom. The molecule has 0 fully saturated rings. The molecule has 4 nitrogen and oxygen atoms in total. The van der Waals surface area contributed by atoms with Crippen LogP contribution in [0.15, 0.2) is 39.3 Å². The minimum Gasteiger partial charge on any atom is -0.277 e.